The van der Waals surface area contributed by atoms with Crippen LogP contribution in [-0.2, 0) is 14.3 Å². The summed E-state index contributed by atoms with van der Waals surface area (Å²) in [7, 11) is 0. The highest BCUT2D eigenvalue weighted by Crippen LogP contribution is 2.26. The minimum Gasteiger partial charge on any atom is -0.466 e. The van der Waals surface area contributed by atoms with Gasteiger partial charge in [-0.05, 0) is 19.8 Å². The minimum atomic E-state index is -0.402. The van der Waals surface area contributed by atoms with E-state index in [0.29, 0.717) is 19.6 Å². The molecule has 0 radical (unpaired) electrons. The summed E-state index contributed by atoms with van der Waals surface area (Å²) < 4.78 is 4.99. The second-order valence-electron chi connectivity index (χ2n) is 6.95. The fourth-order valence-electron chi connectivity index (χ4n) is 2.90. The zero-order valence-electron chi connectivity index (χ0n) is 14.1. The smallest absolute Gasteiger partial charge is 0.307 e. The van der Waals surface area contributed by atoms with Gasteiger partial charge in [0.15, 0.2) is 0 Å². The molecular weight excluding hydrogens is 266 g/mol. The average Bonchev–Trinajstić information content (AvgIpc) is 2.67. The van der Waals surface area contributed by atoms with Gasteiger partial charge < -0.3 is 9.64 Å². The van der Waals surface area contributed by atoms with Crippen LogP contribution in [0.4, 0.5) is 0 Å². The quantitative estimate of drug-likeness (QED) is 0.576. The third-order valence-corrected chi connectivity index (χ3v) is 4.03. The molecule has 0 aromatic heterocycles. The zero-order valence-corrected chi connectivity index (χ0v) is 14.1. The fraction of sp³-hybridized carbons (Fsp3) is 0.882. The molecule has 0 heterocycles. The van der Waals surface area contributed by atoms with E-state index in [1.807, 2.05) is 25.7 Å². The summed E-state index contributed by atoms with van der Waals surface area (Å²) in [5.74, 6) is -0.0588. The highest BCUT2D eigenvalue weighted by molar-refractivity contribution is 5.82. The molecule has 4 heteroatoms. The van der Waals surface area contributed by atoms with Crippen molar-refractivity contribution in [3.05, 3.63) is 0 Å². The maximum absolute atomic E-state index is 12.7. The molecule has 1 fully saturated rings. The minimum absolute atomic E-state index is 0.152. The summed E-state index contributed by atoms with van der Waals surface area (Å²) in [5.41, 5.74) is -0.402. The Morgan fingerprint density at radius 2 is 1.67 bits per heavy atom. The highest BCUT2D eigenvalue weighted by Gasteiger charge is 2.32. The lowest BCUT2D eigenvalue weighted by molar-refractivity contribution is -0.146. The van der Waals surface area contributed by atoms with Crippen molar-refractivity contribution < 1.29 is 14.3 Å². The van der Waals surface area contributed by atoms with Crippen molar-refractivity contribution >= 4 is 11.9 Å². The van der Waals surface area contributed by atoms with Crippen molar-refractivity contribution in [1.29, 1.82) is 0 Å². The molecule has 0 aromatic rings. The molecular formula is C17H31NO3. The van der Waals surface area contributed by atoms with Crippen LogP contribution in [0.5, 0.6) is 0 Å². The van der Waals surface area contributed by atoms with E-state index in [1.54, 1.807) is 6.92 Å². The Balaban J connectivity index is 2.73. The average molecular weight is 297 g/mol. The van der Waals surface area contributed by atoms with Gasteiger partial charge in [0.2, 0.25) is 5.91 Å². The second-order valence-corrected chi connectivity index (χ2v) is 6.95. The van der Waals surface area contributed by atoms with Gasteiger partial charge in [-0.3, -0.25) is 9.59 Å². The highest BCUT2D eigenvalue weighted by atomic mass is 16.5. The number of hydrogen-bond donors (Lipinski definition) is 0. The number of rotatable bonds is 5. The summed E-state index contributed by atoms with van der Waals surface area (Å²) >= 11 is 0. The lowest BCUT2D eigenvalue weighted by atomic mass is 9.92. The van der Waals surface area contributed by atoms with Crippen LogP contribution in [0, 0.1) is 5.41 Å². The van der Waals surface area contributed by atoms with Crippen LogP contribution in [-0.4, -0.2) is 36.0 Å². The number of esters is 1. The van der Waals surface area contributed by atoms with Crippen LogP contribution in [0.2, 0.25) is 0 Å². The summed E-state index contributed by atoms with van der Waals surface area (Å²) in [4.78, 5) is 26.3. The van der Waals surface area contributed by atoms with E-state index in [0.717, 1.165) is 12.8 Å². The first-order valence-corrected chi connectivity index (χ1v) is 8.33. The molecule has 1 aliphatic carbocycles. The van der Waals surface area contributed by atoms with E-state index in [1.165, 1.54) is 25.7 Å². The molecule has 0 aliphatic heterocycles. The van der Waals surface area contributed by atoms with Gasteiger partial charge in [0.05, 0.1) is 13.0 Å². The van der Waals surface area contributed by atoms with E-state index in [4.69, 9.17) is 4.74 Å². The van der Waals surface area contributed by atoms with Crippen LogP contribution >= 0.6 is 0 Å². The predicted octanol–water partition coefficient (Wildman–Crippen LogP) is 3.54. The lowest BCUT2D eigenvalue weighted by Crippen LogP contribution is -2.46. The van der Waals surface area contributed by atoms with Crippen LogP contribution in [0.3, 0.4) is 0 Å². The van der Waals surface area contributed by atoms with E-state index < -0.39 is 5.41 Å². The van der Waals surface area contributed by atoms with Gasteiger partial charge in [-0.2, -0.15) is 0 Å². The normalized spacial score (nSPS) is 17.1. The molecule has 0 unspecified atom stereocenters. The first-order valence-electron chi connectivity index (χ1n) is 8.33. The maximum atomic E-state index is 12.7. The number of carbonyl (C=O) groups excluding carboxylic acids is 2. The van der Waals surface area contributed by atoms with E-state index >= 15 is 0 Å². The third kappa shape index (κ3) is 6.06. The van der Waals surface area contributed by atoms with Crippen LogP contribution in [0.25, 0.3) is 0 Å². The topological polar surface area (TPSA) is 46.6 Å². The van der Waals surface area contributed by atoms with Crippen molar-refractivity contribution in [3.63, 3.8) is 0 Å². The molecule has 0 bridgehead atoms. The number of ether oxygens (including phenoxy) is 1. The summed E-state index contributed by atoms with van der Waals surface area (Å²) in [6.07, 6.45) is 7.29. The first-order chi connectivity index (χ1) is 9.86. The predicted molar refractivity (Wildman–Crippen MR) is 83.9 cm³/mol. The molecule has 0 atom stereocenters. The van der Waals surface area contributed by atoms with Gasteiger partial charge in [-0.25, -0.2) is 0 Å². The van der Waals surface area contributed by atoms with E-state index in [-0.39, 0.29) is 17.9 Å². The van der Waals surface area contributed by atoms with E-state index in [2.05, 4.69) is 0 Å². The van der Waals surface area contributed by atoms with Crippen molar-refractivity contribution in [2.75, 3.05) is 13.2 Å². The Kier molecular flexibility index (Phi) is 7.20. The number of nitrogens with zero attached hydrogens (tertiary/aromatic N) is 1. The number of carbonyl (C=O) groups is 2. The molecule has 1 aliphatic rings. The lowest BCUT2D eigenvalue weighted by Gasteiger charge is -2.35. The Labute approximate surface area is 129 Å². The zero-order chi connectivity index (χ0) is 15.9. The third-order valence-electron chi connectivity index (χ3n) is 4.03. The van der Waals surface area contributed by atoms with Crippen molar-refractivity contribution in [3.8, 4) is 0 Å². The van der Waals surface area contributed by atoms with Crippen molar-refractivity contribution in [2.45, 2.75) is 78.7 Å². The van der Waals surface area contributed by atoms with Crippen LogP contribution in [0.15, 0.2) is 0 Å². The molecule has 1 amide bonds. The Hall–Kier alpha value is -1.06. The van der Waals surface area contributed by atoms with Gasteiger partial charge in [-0.1, -0.05) is 46.5 Å². The molecule has 0 saturated heterocycles. The van der Waals surface area contributed by atoms with Crippen molar-refractivity contribution in [1.82, 2.24) is 4.90 Å². The number of hydrogen-bond acceptors (Lipinski definition) is 3. The first kappa shape index (κ1) is 18.0. The molecule has 4 nitrogen and oxygen atoms in total. The molecule has 1 rings (SSSR count). The fourth-order valence-corrected chi connectivity index (χ4v) is 2.90. The van der Waals surface area contributed by atoms with Crippen LogP contribution < -0.4 is 0 Å². The Morgan fingerprint density at radius 1 is 1.10 bits per heavy atom. The summed E-state index contributed by atoms with van der Waals surface area (Å²) in [6.45, 7) is 8.53. The molecule has 1 saturated carbocycles. The van der Waals surface area contributed by atoms with Crippen LogP contribution in [0.1, 0.15) is 72.6 Å². The van der Waals surface area contributed by atoms with Gasteiger partial charge in [0, 0.05) is 18.0 Å². The monoisotopic (exact) mass is 297 g/mol. The maximum Gasteiger partial charge on any atom is 0.307 e. The largest absolute Gasteiger partial charge is 0.466 e. The summed E-state index contributed by atoms with van der Waals surface area (Å²) in [6, 6.07) is 0.286. The second kappa shape index (κ2) is 8.40. The van der Waals surface area contributed by atoms with Gasteiger partial charge in [0.1, 0.15) is 0 Å². The molecule has 0 spiro atoms. The van der Waals surface area contributed by atoms with Crippen molar-refractivity contribution in [2.24, 2.45) is 5.41 Å². The standard InChI is InChI=1S/C17H31NO3/c1-5-21-15(19)12-13-18(16(20)17(2,3)4)14-10-8-6-7-9-11-14/h14H,5-13H2,1-4H3. The molecule has 21 heavy (non-hydrogen) atoms. The summed E-state index contributed by atoms with van der Waals surface area (Å²) in [5, 5.41) is 0. The SMILES string of the molecule is CCOC(=O)CCN(C(=O)C(C)(C)C)C1CCCCCC1. The molecule has 0 aromatic carbocycles. The Bertz CT molecular complexity index is 338. The van der Waals surface area contributed by atoms with Gasteiger partial charge in [-0.15, -0.1) is 0 Å². The van der Waals surface area contributed by atoms with Gasteiger partial charge >= 0.3 is 5.97 Å². The molecule has 122 valence electrons. The molecule has 0 N–H and O–H groups in total. The number of amides is 1. The van der Waals surface area contributed by atoms with Gasteiger partial charge in [0.25, 0.3) is 0 Å². The van der Waals surface area contributed by atoms with E-state index in [9.17, 15) is 9.59 Å². The Morgan fingerprint density at radius 3 is 2.14 bits per heavy atom.